The summed E-state index contributed by atoms with van der Waals surface area (Å²) in [5.74, 6) is 0. The van der Waals surface area contributed by atoms with E-state index in [0.717, 1.165) is 38.8 Å². The Balaban J connectivity index is 2.06. The Bertz CT molecular complexity index is 369. The van der Waals surface area contributed by atoms with Gasteiger partial charge in [-0.25, -0.2) is 0 Å². The fourth-order valence-electron chi connectivity index (χ4n) is 3.12. The topological polar surface area (TPSA) is 61.4 Å². The predicted octanol–water partition coefficient (Wildman–Crippen LogP) is 0.695. The van der Waals surface area contributed by atoms with Gasteiger partial charge in [-0.1, -0.05) is 0 Å². The molecule has 0 bridgehead atoms. The highest BCUT2D eigenvalue weighted by Crippen LogP contribution is 2.36. The fourth-order valence-corrected chi connectivity index (χ4v) is 4.68. The van der Waals surface area contributed by atoms with Crippen molar-refractivity contribution in [3.05, 3.63) is 0 Å². The number of hydrogen-bond acceptors (Lipinski definition) is 3. The van der Waals surface area contributed by atoms with Gasteiger partial charge >= 0.3 is 0 Å². The van der Waals surface area contributed by atoms with E-state index in [2.05, 4.69) is 10.0 Å². The van der Waals surface area contributed by atoms with E-state index in [-0.39, 0.29) is 11.5 Å². The van der Waals surface area contributed by atoms with E-state index in [1.54, 1.807) is 4.31 Å². The maximum atomic E-state index is 12.2. The van der Waals surface area contributed by atoms with E-state index in [9.17, 15) is 8.42 Å². The van der Waals surface area contributed by atoms with E-state index in [4.69, 9.17) is 0 Å². The molecule has 0 radical (unpaired) electrons. The van der Waals surface area contributed by atoms with Crippen molar-refractivity contribution in [2.75, 3.05) is 26.2 Å². The third-order valence-electron chi connectivity index (χ3n) is 3.91. The molecule has 2 fully saturated rings. The molecule has 106 valence electrons. The van der Waals surface area contributed by atoms with Crippen LogP contribution in [-0.2, 0) is 10.2 Å². The van der Waals surface area contributed by atoms with Gasteiger partial charge in [0.15, 0.2) is 0 Å². The van der Waals surface area contributed by atoms with Gasteiger partial charge in [-0.2, -0.15) is 17.4 Å². The zero-order valence-electron chi connectivity index (χ0n) is 11.4. The van der Waals surface area contributed by atoms with Crippen molar-refractivity contribution >= 4 is 10.2 Å². The van der Waals surface area contributed by atoms with Crippen molar-refractivity contribution < 1.29 is 8.42 Å². The molecule has 2 rings (SSSR count). The van der Waals surface area contributed by atoms with Crippen molar-refractivity contribution in [3.8, 4) is 0 Å². The summed E-state index contributed by atoms with van der Waals surface area (Å²) in [5.41, 5.74) is 0.169. The van der Waals surface area contributed by atoms with E-state index >= 15 is 0 Å². The smallest absolute Gasteiger partial charge is 0.279 e. The van der Waals surface area contributed by atoms with Crippen LogP contribution in [-0.4, -0.2) is 44.9 Å². The highest BCUT2D eigenvalue weighted by atomic mass is 32.2. The van der Waals surface area contributed by atoms with E-state index in [1.165, 1.54) is 0 Å². The number of piperidine rings is 2. The SMILES string of the molecule is CC(C)NS(=O)(=O)N1CCCC2(CCCNC2)C1. The normalized spacial score (nSPS) is 31.1. The number of hydrogen-bond donors (Lipinski definition) is 2. The van der Waals surface area contributed by atoms with E-state index < -0.39 is 10.2 Å². The van der Waals surface area contributed by atoms with Gasteiger partial charge in [0, 0.05) is 25.7 Å². The van der Waals surface area contributed by atoms with Crippen molar-refractivity contribution in [1.29, 1.82) is 0 Å². The average molecular weight is 275 g/mol. The van der Waals surface area contributed by atoms with Gasteiger partial charge in [-0.05, 0) is 51.5 Å². The lowest BCUT2D eigenvalue weighted by Gasteiger charge is -2.44. The summed E-state index contributed by atoms with van der Waals surface area (Å²) in [6.45, 7) is 7.07. The summed E-state index contributed by atoms with van der Waals surface area (Å²) in [6, 6.07) is -0.0441. The molecule has 18 heavy (non-hydrogen) atoms. The van der Waals surface area contributed by atoms with Crippen LogP contribution in [0.15, 0.2) is 0 Å². The quantitative estimate of drug-likeness (QED) is 0.797. The van der Waals surface area contributed by atoms with Gasteiger partial charge < -0.3 is 5.32 Å². The standard InChI is InChI=1S/C12H25N3O2S/c1-11(2)14-18(16,17)15-8-4-6-12(10-15)5-3-7-13-9-12/h11,13-14H,3-10H2,1-2H3. The molecule has 5 nitrogen and oxygen atoms in total. The molecule has 2 aliphatic rings. The molecule has 2 heterocycles. The first-order valence-corrected chi connectivity index (χ1v) is 8.36. The van der Waals surface area contributed by atoms with Crippen LogP contribution < -0.4 is 10.0 Å². The number of nitrogens with zero attached hydrogens (tertiary/aromatic N) is 1. The fraction of sp³-hybridized carbons (Fsp3) is 1.00. The summed E-state index contributed by atoms with van der Waals surface area (Å²) < 4.78 is 28.8. The zero-order chi connectivity index (χ0) is 13.2. The summed E-state index contributed by atoms with van der Waals surface area (Å²) >= 11 is 0. The van der Waals surface area contributed by atoms with Gasteiger partial charge in [0.2, 0.25) is 0 Å². The van der Waals surface area contributed by atoms with Crippen LogP contribution >= 0.6 is 0 Å². The van der Waals surface area contributed by atoms with Crippen molar-refractivity contribution in [1.82, 2.24) is 14.3 Å². The highest BCUT2D eigenvalue weighted by Gasteiger charge is 2.40. The minimum Gasteiger partial charge on any atom is -0.316 e. The lowest BCUT2D eigenvalue weighted by Crippen LogP contribution is -2.55. The van der Waals surface area contributed by atoms with Gasteiger partial charge in [-0.3, -0.25) is 0 Å². The van der Waals surface area contributed by atoms with Crippen molar-refractivity contribution in [2.24, 2.45) is 5.41 Å². The summed E-state index contributed by atoms with van der Waals surface area (Å²) in [4.78, 5) is 0. The second-order valence-electron chi connectivity index (χ2n) is 6.00. The Morgan fingerprint density at radius 2 is 2.00 bits per heavy atom. The molecule has 1 atom stereocenters. The van der Waals surface area contributed by atoms with Crippen LogP contribution in [0.2, 0.25) is 0 Å². The first-order chi connectivity index (χ1) is 8.44. The Morgan fingerprint density at radius 3 is 2.61 bits per heavy atom. The van der Waals surface area contributed by atoms with Crippen LogP contribution in [0.25, 0.3) is 0 Å². The first-order valence-electron chi connectivity index (χ1n) is 6.92. The van der Waals surface area contributed by atoms with Crippen LogP contribution in [0.1, 0.15) is 39.5 Å². The summed E-state index contributed by atoms with van der Waals surface area (Å²) in [6.07, 6.45) is 4.42. The van der Waals surface area contributed by atoms with Crippen LogP contribution in [0, 0.1) is 5.41 Å². The molecule has 0 aliphatic carbocycles. The van der Waals surface area contributed by atoms with Gasteiger partial charge in [0.05, 0.1) is 0 Å². The Labute approximate surface area is 110 Å². The third-order valence-corrected chi connectivity index (χ3v) is 5.67. The molecule has 6 heteroatoms. The molecule has 2 saturated heterocycles. The Hall–Kier alpha value is -0.170. The molecule has 0 amide bonds. The molecule has 0 saturated carbocycles. The predicted molar refractivity (Wildman–Crippen MR) is 72.5 cm³/mol. The third kappa shape index (κ3) is 3.23. The number of nitrogens with one attached hydrogen (secondary N) is 2. The summed E-state index contributed by atoms with van der Waals surface area (Å²) in [5, 5.41) is 3.42. The molecule has 2 N–H and O–H groups in total. The maximum absolute atomic E-state index is 12.2. The molecule has 2 aliphatic heterocycles. The van der Waals surface area contributed by atoms with Gasteiger partial charge in [0.25, 0.3) is 10.2 Å². The van der Waals surface area contributed by atoms with Crippen LogP contribution in [0.4, 0.5) is 0 Å². The minimum absolute atomic E-state index is 0.0441. The molecular weight excluding hydrogens is 250 g/mol. The minimum atomic E-state index is -3.30. The molecule has 0 aromatic rings. The average Bonchev–Trinajstić information content (AvgIpc) is 2.28. The second kappa shape index (κ2) is 5.45. The van der Waals surface area contributed by atoms with Gasteiger partial charge in [0.1, 0.15) is 0 Å². The molecule has 0 aromatic heterocycles. The largest absolute Gasteiger partial charge is 0.316 e. The molecule has 1 spiro atoms. The number of rotatable bonds is 3. The highest BCUT2D eigenvalue weighted by molar-refractivity contribution is 7.87. The first kappa shape index (κ1) is 14.2. The maximum Gasteiger partial charge on any atom is 0.279 e. The summed E-state index contributed by atoms with van der Waals surface area (Å²) in [7, 11) is -3.30. The monoisotopic (exact) mass is 275 g/mol. The van der Waals surface area contributed by atoms with E-state index in [0.29, 0.717) is 13.1 Å². The van der Waals surface area contributed by atoms with Crippen molar-refractivity contribution in [3.63, 3.8) is 0 Å². The molecular formula is C12H25N3O2S. The second-order valence-corrected chi connectivity index (χ2v) is 7.70. The molecule has 1 unspecified atom stereocenters. The van der Waals surface area contributed by atoms with Gasteiger partial charge in [-0.15, -0.1) is 0 Å². The van der Waals surface area contributed by atoms with E-state index in [1.807, 2.05) is 13.8 Å². The lowest BCUT2D eigenvalue weighted by molar-refractivity contribution is 0.109. The Kier molecular flexibility index (Phi) is 4.31. The molecule has 0 aromatic carbocycles. The zero-order valence-corrected chi connectivity index (χ0v) is 12.2. The van der Waals surface area contributed by atoms with Crippen LogP contribution in [0.3, 0.4) is 0 Å². The van der Waals surface area contributed by atoms with Crippen LogP contribution in [0.5, 0.6) is 0 Å². The Morgan fingerprint density at radius 1 is 1.28 bits per heavy atom. The van der Waals surface area contributed by atoms with Crippen molar-refractivity contribution in [2.45, 2.75) is 45.6 Å². The lowest BCUT2D eigenvalue weighted by atomic mass is 9.75.